The van der Waals surface area contributed by atoms with Crippen LogP contribution in [0, 0.1) is 46.8 Å². The van der Waals surface area contributed by atoms with Gasteiger partial charge in [-0.3, -0.25) is 4.79 Å². The number of carbonyl (C=O) groups is 1. The topological polar surface area (TPSA) is 49.8 Å². The number of allylic oxidation sites excluding steroid dienone is 1. The zero-order chi connectivity index (χ0) is 27.1. The summed E-state index contributed by atoms with van der Waals surface area (Å²) in [5.41, 5.74) is 4.26. The number of hydrogen-bond acceptors (Lipinski definition) is 4. The van der Waals surface area contributed by atoms with E-state index in [2.05, 4.69) is 42.0 Å². The molecule has 1 saturated heterocycles. The van der Waals surface area contributed by atoms with Gasteiger partial charge in [-0.1, -0.05) is 24.6 Å². The maximum atomic E-state index is 12.2. The summed E-state index contributed by atoms with van der Waals surface area (Å²) in [4.78, 5) is 14.6. The van der Waals surface area contributed by atoms with Crippen LogP contribution in [0.1, 0.15) is 84.1 Å². The molecule has 1 aromatic carbocycles. The van der Waals surface area contributed by atoms with Gasteiger partial charge in [-0.15, -0.1) is 12.3 Å². The molecule has 0 radical (unpaired) electrons. The van der Waals surface area contributed by atoms with Crippen molar-refractivity contribution in [2.45, 2.75) is 84.7 Å². The standard InChI is InChI=1S/C28H37NO3.C6H10/c1-28-17-24(18-2-5-20(6-3-18)29-12-14-32-15-13-29)27-22-9-7-21(30)16-19(22)4-8-23(27)25(28)10-11-26(28)31;1-5-6(2,3)4/h2-3,5-6,16,22-27,31H,4,7-15,17H2,1H3;1H,2-4H3. The Bertz CT molecular complexity index is 1070. The summed E-state index contributed by atoms with van der Waals surface area (Å²) in [7, 11) is 0. The second-order valence-corrected chi connectivity index (χ2v) is 13.7. The van der Waals surface area contributed by atoms with Gasteiger partial charge in [-0.05, 0) is 118 Å². The van der Waals surface area contributed by atoms with Crippen molar-refractivity contribution in [3.8, 4) is 12.3 Å². The highest BCUT2D eigenvalue weighted by molar-refractivity contribution is 5.91. The molecule has 38 heavy (non-hydrogen) atoms. The van der Waals surface area contributed by atoms with E-state index in [1.165, 1.54) is 29.7 Å². The quantitative estimate of drug-likeness (QED) is 0.462. The van der Waals surface area contributed by atoms with Gasteiger partial charge in [0.25, 0.3) is 0 Å². The number of aliphatic hydroxyl groups is 1. The molecule has 0 bridgehead atoms. The van der Waals surface area contributed by atoms with Gasteiger partial charge >= 0.3 is 0 Å². The van der Waals surface area contributed by atoms with Crippen molar-refractivity contribution in [2.24, 2.45) is 34.5 Å². The molecule has 1 aromatic rings. The van der Waals surface area contributed by atoms with Crippen LogP contribution in [-0.4, -0.2) is 43.3 Å². The molecular formula is C34H47NO3. The first-order valence-electron chi connectivity index (χ1n) is 14.9. The van der Waals surface area contributed by atoms with Gasteiger partial charge in [-0.25, -0.2) is 0 Å². The SMILES string of the molecule is C#CC(C)(C)C.CC12CC(c3ccc(N4CCOCC4)cc3)C3C4CCC(=O)C=C4CCC3C1CCC2O. The van der Waals surface area contributed by atoms with Gasteiger partial charge in [0.2, 0.25) is 0 Å². The van der Waals surface area contributed by atoms with E-state index in [1.54, 1.807) is 0 Å². The van der Waals surface area contributed by atoms with Gasteiger partial charge in [0.05, 0.1) is 19.3 Å². The molecule has 4 fully saturated rings. The number of aliphatic hydroxyl groups excluding tert-OH is 1. The summed E-state index contributed by atoms with van der Waals surface area (Å²) < 4.78 is 5.52. The first-order valence-corrected chi connectivity index (χ1v) is 14.9. The fraction of sp³-hybridized carbons (Fsp3) is 0.676. The molecule has 4 aliphatic carbocycles. The molecule has 5 aliphatic rings. The van der Waals surface area contributed by atoms with Crippen LogP contribution in [0.2, 0.25) is 0 Å². The van der Waals surface area contributed by atoms with Crippen molar-refractivity contribution >= 4 is 11.5 Å². The zero-order valence-corrected chi connectivity index (χ0v) is 23.9. The van der Waals surface area contributed by atoms with Crippen molar-refractivity contribution in [3.63, 3.8) is 0 Å². The highest BCUT2D eigenvalue weighted by atomic mass is 16.5. The van der Waals surface area contributed by atoms with Gasteiger partial charge < -0.3 is 14.7 Å². The lowest BCUT2D eigenvalue weighted by Crippen LogP contribution is -2.50. The Morgan fingerprint density at radius 3 is 2.37 bits per heavy atom. The molecule has 7 unspecified atom stereocenters. The van der Waals surface area contributed by atoms with Crippen LogP contribution in [0.3, 0.4) is 0 Å². The van der Waals surface area contributed by atoms with Crippen molar-refractivity contribution in [3.05, 3.63) is 41.5 Å². The Kier molecular flexibility index (Phi) is 7.82. The summed E-state index contributed by atoms with van der Waals surface area (Å²) in [5, 5.41) is 11.0. The summed E-state index contributed by atoms with van der Waals surface area (Å²) in [6, 6.07) is 9.34. The predicted molar refractivity (Wildman–Crippen MR) is 154 cm³/mol. The van der Waals surface area contributed by atoms with Gasteiger partial charge in [0.15, 0.2) is 5.78 Å². The van der Waals surface area contributed by atoms with Crippen LogP contribution < -0.4 is 4.90 Å². The monoisotopic (exact) mass is 517 g/mol. The molecular weight excluding hydrogens is 470 g/mol. The lowest BCUT2D eigenvalue weighted by atomic mass is 9.48. The Morgan fingerprint density at radius 1 is 1.03 bits per heavy atom. The molecule has 4 nitrogen and oxygen atoms in total. The first kappa shape index (κ1) is 27.5. The van der Waals surface area contributed by atoms with E-state index in [1.807, 2.05) is 26.8 Å². The van der Waals surface area contributed by atoms with Gasteiger partial charge in [0.1, 0.15) is 0 Å². The van der Waals surface area contributed by atoms with Crippen LogP contribution in [0.15, 0.2) is 35.9 Å². The minimum atomic E-state index is -0.173. The second-order valence-electron chi connectivity index (χ2n) is 13.7. The van der Waals surface area contributed by atoms with Crippen LogP contribution in [0.25, 0.3) is 0 Å². The van der Waals surface area contributed by atoms with Crippen molar-refractivity contribution in [1.29, 1.82) is 0 Å². The lowest BCUT2D eigenvalue weighted by Gasteiger charge is -2.57. The van der Waals surface area contributed by atoms with E-state index in [-0.39, 0.29) is 16.9 Å². The molecule has 7 atom stereocenters. The fourth-order valence-electron chi connectivity index (χ4n) is 8.38. The number of anilines is 1. The Morgan fingerprint density at radius 2 is 1.71 bits per heavy atom. The van der Waals surface area contributed by atoms with E-state index >= 15 is 0 Å². The predicted octanol–water partition coefficient (Wildman–Crippen LogP) is 6.39. The number of ketones is 1. The van der Waals surface area contributed by atoms with Crippen LogP contribution in [-0.2, 0) is 9.53 Å². The minimum Gasteiger partial charge on any atom is -0.393 e. The number of fused-ring (bicyclic) bond motifs is 5. The third-order valence-corrected chi connectivity index (χ3v) is 10.4. The third-order valence-electron chi connectivity index (χ3n) is 10.4. The summed E-state index contributed by atoms with van der Waals surface area (Å²) in [6.07, 6.45) is 14.1. The molecule has 1 N–H and O–H groups in total. The highest BCUT2D eigenvalue weighted by Gasteiger charge is 2.59. The fourth-order valence-corrected chi connectivity index (χ4v) is 8.38. The van der Waals surface area contributed by atoms with Crippen LogP contribution in [0.4, 0.5) is 5.69 Å². The van der Waals surface area contributed by atoms with E-state index in [9.17, 15) is 9.90 Å². The molecule has 4 heteroatoms. The summed E-state index contributed by atoms with van der Waals surface area (Å²) in [5.74, 6) is 5.87. The molecule has 3 saturated carbocycles. The van der Waals surface area contributed by atoms with E-state index < -0.39 is 0 Å². The Labute approximate surface area is 230 Å². The molecule has 0 amide bonds. The average molecular weight is 518 g/mol. The Balaban J connectivity index is 0.000000443. The molecule has 0 aromatic heterocycles. The molecule has 6 rings (SSSR count). The minimum absolute atomic E-state index is 0.0282. The lowest BCUT2D eigenvalue weighted by molar-refractivity contribution is -0.116. The van der Waals surface area contributed by atoms with Crippen molar-refractivity contribution in [2.75, 3.05) is 31.2 Å². The number of rotatable bonds is 2. The zero-order valence-electron chi connectivity index (χ0n) is 23.9. The number of terminal acetylenes is 1. The first-order chi connectivity index (χ1) is 18.1. The molecule has 1 heterocycles. The maximum absolute atomic E-state index is 12.2. The maximum Gasteiger partial charge on any atom is 0.155 e. The molecule has 0 spiro atoms. The van der Waals surface area contributed by atoms with E-state index in [0.29, 0.717) is 41.8 Å². The number of nitrogens with zero attached hydrogens (tertiary/aromatic N) is 1. The number of benzene rings is 1. The molecule has 206 valence electrons. The second kappa shape index (κ2) is 10.8. The average Bonchev–Trinajstić information content (AvgIpc) is 3.22. The van der Waals surface area contributed by atoms with Crippen molar-refractivity contribution in [1.82, 2.24) is 0 Å². The highest BCUT2D eigenvalue weighted by Crippen LogP contribution is 2.65. The summed E-state index contributed by atoms with van der Waals surface area (Å²) in [6.45, 7) is 11.9. The third kappa shape index (κ3) is 5.34. The van der Waals surface area contributed by atoms with Crippen LogP contribution in [0.5, 0.6) is 0 Å². The van der Waals surface area contributed by atoms with Gasteiger partial charge in [0, 0.05) is 30.6 Å². The summed E-state index contributed by atoms with van der Waals surface area (Å²) >= 11 is 0. The molecule has 1 aliphatic heterocycles. The van der Waals surface area contributed by atoms with E-state index in [4.69, 9.17) is 11.2 Å². The van der Waals surface area contributed by atoms with Crippen LogP contribution >= 0.6 is 0 Å². The van der Waals surface area contributed by atoms with Crippen molar-refractivity contribution < 1.29 is 14.6 Å². The number of ether oxygens (including phenoxy) is 1. The van der Waals surface area contributed by atoms with Gasteiger partial charge in [-0.2, -0.15) is 0 Å². The normalized spacial score (nSPS) is 36.6. The smallest absolute Gasteiger partial charge is 0.155 e. The van der Waals surface area contributed by atoms with E-state index in [0.717, 1.165) is 52.0 Å². The number of hydrogen-bond donors (Lipinski definition) is 1. The Hall–Kier alpha value is -2.09. The number of morpholine rings is 1. The largest absolute Gasteiger partial charge is 0.393 e. The number of carbonyl (C=O) groups excluding carboxylic acids is 1.